The highest BCUT2D eigenvalue weighted by Gasteiger charge is 2.39. The molecule has 3 N–H and O–H groups in total. The van der Waals surface area contributed by atoms with Crippen molar-refractivity contribution in [2.75, 3.05) is 32.7 Å². The molecule has 11 heteroatoms. The summed E-state index contributed by atoms with van der Waals surface area (Å²) in [5, 5.41) is 0. The molecule has 212 valence electrons. The van der Waals surface area contributed by atoms with Gasteiger partial charge in [-0.25, -0.2) is 8.42 Å². The number of nitrogens with one attached hydrogen (secondary N) is 1. The Labute approximate surface area is 226 Å². The van der Waals surface area contributed by atoms with Gasteiger partial charge in [0.25, 0.3) is 0 Å². The average molecular weight is 551 g/mol. The fraction of sp³-hybridized carbons (Fsp3) is 0.667. The van der Waals surface area contributed by atoms with E-state index in [-0.39, 0.29) is 35.0 Å². The van der Waals surface area contributed by atoms with Gasteiger partial charge in [-0.3, -0.25) is 14.4 Å². The summed E-state index contributed by atoms with van der Waals surface area (Å²) in [4.78, 5) is 41.8. The highest BCUT2D eigenvalue weighted by molar-refractivity contribution is 7.89. The quantitative estimate of drug-likeness (QED) is 0.449. The molecule has 1 aromatic carbocycles. The summed E-state index contributed by atoms with van der Waals surface area (Å²) in [7, 11) is -3.98. The van der Waals surface area contributed by atoms with Crippen molar-refractivity contribution < 1.29 is 27.5 Å². The molecule has 1 spiro atoms. The van der Waals surface area contributed by atoms with E-state index in [9.17, 15) is 22.8 Å². The van der Waals surface area contributed by atoms with Gasteiger partial charge >= 0.3 is 5.97 Å². The predicted octanol–water partition coefficient (Wildman–Crippen LogP) is 2.04. The monoisotopic (exact) mass is 550 g/mol. The highest BCUT2D eigenvalue weighted by Crippen LogP contribution is 2.41. The minimum absolute atomic E-state index is 0.000330. The van der Waals surface area contributed by atoms with Crippen LogP contribution in [0.1, 0.15) is 65.7 Å². The van der Waals surface area contributed by atoms with Gasteiger partial charge in [0.1, 0.15) is 11.6 Å². The molecular weight excluding hydrogens is 508 g/mol. The molecule has 2 fully saturated rings. The Morgan fingerprint density at radius 3 is 1.92 bits per heavy atom. The zero-order valence-corrected chi connectivity index (χ0v) is 23.6. The van der Waals surface area contributed by atoms with Gasteiger partial charge in [-0.1, -0.05) is 18.2 Å². The number of carbonyl (C=O) groups is 3. The number of ether oxygens (including phenoxy) is 1. The normalized spacial score (nSPS) is 18.7. The maximum atomic E-state index is 13.1. The van der Waals surface area contributed by atoms with E-state index in [1.54, 1.807) is 43.9 Å². The number of piperidine rings is 2. The van der Waals surface area contributed by atoms with Crippen LogP contribution in [-0.4, -0.2) is 80.4 Å². The minimum atomic E-state index is -3.98. The van der Waals surface area contributed by atoms with E-state index in [4.69, 9.17) is 10.5 Å². The Balaban J connectivity index is 1.56. The molecule has 1 atom stereocenters. The zero-order valence-electron chi connectivity index (χ0n) is 22.8. The first kappa shape index (κ1) is 30.0. The molecule has 38 heavy (non-hydrogen) atoms. The van der Waals surface area contributed by atoms with E-state index >= 15 is 0 Å². The van der Waals surface area contributed by atoms with E-state index in [1.165, 1.54) is 12.1 Å². The molecule has 0 bridgehead atoms. The number of carbonyl (C=O) groups excluding carboxylic acids is 3. The first-order chi connectivity index (χ1) is 17.8. The van der Waals surface area contributed by atoms with Gasteiger partial charge in [0.05, 0.1) is 4.90 Å². The molecule has 3 rings (SSSR count). The molecule has 2 saturated heterocycles. The van der Waals surface area contributed by atoms with Crippen LogP contribution in [0.2, 0.25) is 0 Å². The van der Waals surface area contributed by atoms with Gasteiger partial charge in [-0.2, -0.15) is 4.72 Å². The van der Waals surface area contributed by atoms with Crippen molar-refractivity contribution in [3.8, 4) is 0 Å². The van der Waals surface area contributed by atoms with Crippen molar-refractivity contribution >= 4 is 27.8 Å². The Morgan fingerprint density at radius 2 is 1.45 bits per heavy atom. The second-order valence-electron chi connectivity index (χ2n) is 11.4. The van der Waals surface area contributed by atoms with Crippen LogP contribution < -0.4 is 10.5 Å². The number of sulfonamides is 1. The van der Waals surface area contributed by atoms with Gasteiger partial charge in [-0.05, 0) is 70.4 Å². The number of benzene rings is 1. The van der Waals surface area contributed by atoms with Crippen LogP contribution in [0.5, 0.6) is 0 Å². The first-order valence-corrected chi connectivity index (χ1v) is 14.9. The van der Waals surface area contributed by atoms with Gasteiger partial charge in [0.2, 0.25) is 21.8 Å². The Hall–Kier alpha value is -2.50. The van der Waals surface area contributed by atoms with Crippen LogP contribution in [0.4, 0.5) is 0 Å². The van der Waals surface area contributed by atoms with Crippen molar-refractivity contribution in [3.63, 3.8) is 0 Å². The molecule has 0 radical (unpaired) electrons. The van der Waals surface area contributed by atoms with Gasteiger partial charge in [0.15, 0.2) is 0 Å². The van der Waals surface area contributed by atoms with Crippen LogP contribution in [0.25, 0.3) is 0 Å². The van der Waals surface area contributed by atoms with E-state index in [2.05, 4.69) is 4.72 Å². The van der Waals surface area contributed by atoms with Crippen LogP contribution in [0, 0.1) is 5.41 Å². The molecule has 0 aliphatic carbocycles. The maximum absolute atomic E-state index is 13.1. The SMILES string of the molecule is CC(C)(C)OC(=O)[C@H](CCC(=O)N1CCC2(CCN(C(=O)CCN)CC2)CC1)NS(=O)(=O)c1ccccc1. The molecule has 0 aromatic heterocycles. The zero-order chi connectivity index (χ0) is 28.0. The number of esters is 1. The van der Waals surface area contributed by atoms with Crippen molar-refractivity contribution in [1.29, 1.82) is 0 Å². The van der Waals surface area contributed by atoms with Gasteiger partial charge in [-0.15, -0.1) is 0 Å². The lowest BCUT2D eigenvalue weighted by atomic mass is 9.71. The summed E-state index contributed by atoms with van der Waals surface area (Å²) in [5.74, 6) is -0.710. The van der Waals surface area contributed by atoms with Crippen LogP contribution >= 0.6 is 0 Å². The summed E-state index contributed by atoms with van der Waals surface area (Å²) in [6.45, 7) is 8.17. The highest BCUT2D eigenvalue weighted by atomic mass is 32.2. The Morgan fingerprint density at radius 1 is 0.947 bits per heavy atom. The lowest BCUT2D eigenvalue weighted by molar-refractivity contribution is -0.157. The third kappa shape index (κ3) is 8.25. The first-order valence-electron chi connectivity index (χ1n) is 13.4. The third-order valence-corrected chi connectivity index (χ3v) is 8.89. The molecule has 0 unspecified atom stereocenters. The summed E-state index contributed by atoms with van der Waals surface area (Å²) < 4.78 is 33.7. The Kier molecular flexibility index (Phi) is 9.94. The number of likely N-dealkylation sites (tertiary alicyclic amines) is 2. The van der Waals surface area contributed by atoms with Crippen LogP contribution in [0.15, 0.2) is 35.2 Å². The number of amides is 2. The standard InChI is InChI=1S/C27H42N4O6S/c1-26(2,3)37-25(34)22(29-38(35,36)21-7-5-4-6-8-21)9-10-23(32)30-17-12-27(13-18-30)14-19-31(20-15-27)24(33)11-16-28/h4-8,22,29H,9-20,28H2,1-3H3/t22-/m0/s1. The minimum Gasteiger partial charge on any atom is -0.459 e. The van der Waals surface area contributed by atoms with Gasteiger partial charge in [0, 0.05) is 45.6 Å². The summed E-state index contributed by atoms with van der Waals surface area (Å²) in [6, 6.07) is 6.62. The molecule has 2 heterocycles. The summed E-state index contributed by atoms with van der Waals surface area (Å²) in [6.07, 6.45) is 3.98. The lowest BCUT2D eigenvalue weighted by Gasteiger charge is -2.47. The van der Waals surface area contributed by atoms with Crippen molar-refractivity contribution in [1.82, 2.24) is 14.5 Å². The summed E-state index contributed by atoms with van der Waals surface area (Å²) in [5.41, 5.74) is 4.85. The summed E-state index contributed by atoms with van der Waals surface area (Å²) >= 11 is 0. The van der Waals surface area contributed by atoms with Gasteiger partial charge < -0.3 is 20.3 Å². The van der Waals surface area contributed by atoms with E-state index < -0.39 is 27.6 Å². The largest absolute Gasteiger partial charge is 0.459 e. The second-order valence-corrected chi connectivity index (χ2v) is 13.1. The van der Waals surface area contributed by atoms with Crippen LogP contribution in [-0.2, 0) is 29.1 Å². The Bertz CT molecular complexity index is 1070. The van der Waals surface area contributed by atoms with E-state index in [0.717, 1.165) is 38.8 Å². The number of nitrogens with zero attached hydrogens (tertiary/aromatic N) is 2. The van der Waals surface area contributed by atoms with Crippen molar-refractivity contribution in [2.24, 2.45) is 11.1 Å². The maximum Gasteiger partial charge on any atom is 0.324 e. The predicted molar refractivity (Wildman–Crippen MR) is 143 cm³/mol. The molecule has 10 nitrogen and oxygen atoms in total. The molecule has 2 aliphatic rings. The topological polar surface area (TPSA) is 139 Å². The number of hydrogen-bond acceptors (Lipinski definition) is 7. The number of nitrogens with two attached hydrogens (primary N) is 1. The third-order valence-electron chi connectivity index (χ3n) is 7.40. The lowest BCUT2D eigenvalue weighted by Crippen LogP contribution is -2.50. The molecule has 2 aliphatic heterocycles. The molecule has 0 saturated carbocycles. The van der Waals surface area contributed by atoms with Crippen molar-refractivity contribution in [3.05, 3.63) is 30.3 Å². The molecule has 1 aromatic rings. The van der Waals surface area contributed by atoms with Crippen molar-refractivity contribution in [2.45, 2.75) is 82.3 Å². The number of hydrogen-bond donors (Lipinski definition) is 2. The van der Waals surface area contributed by atoms with E-state index in [1.807, 2.05) is 4.90 Å². The fourth-order valence-electron chi connectivity index (χ4n) is 5.12. The smallest absolute Gasteiger partial charge is 0.324 e. The number of rotatable bonds is 9. The van der Waals surface area contributed by atoms with Crippen LogP contribution in [0.3, 0.4) is 0 Å². The second kappa shape index (κ2) is 12.6. The molecule has 2 amide bonds. The fourth-order valence-corrected chi connectivity index (χ4v) is 6.36. The average Bonchev–Trinajstić information content (AvgIpc) is 2.87. The molecular formula is C27H42N4O6S. The van der Waals surface area contributed by atoms with E-state index in [0.29, 0.717) is 26.1 Å².